The molecule has 2 aromatic carbocycles. The van der Waals surface area contributed by atoms with Crippen LogP contribution in [-0.2, 0) is 11.8 Å². The summed E-state index contributed by atoms with van der Waals surface area (Å²) in [5.41, 5.74) is 2.68. The molecule has 0 unspecified atom stereocenters. The van der Waals surface area contributed by atoms with Gasteiger partial charge in [0.25, 0.3) is 0 Å². The Kier molecular flexibility index (Phi) is 5.30. The van der Waals surface area contributed by atoms with Crippen molar-refractivity contribution in [2.45, 2.75) is 23.9 Å². The second-order valence-corrected chi connectivity index (χ2v) is 8.48. The van der Waals surface area contributed by atoms with Crippen LogP contribution in [0.5, 0.6) is 0 Å². The summed E-state index contributed by atoms with van der Waals surface area (Å²) >= 11 is 1.39. The monoisotopic (exact) mass is 430 g/mol. The van der Waals surface area contributed by atoms with Gasteiger partial charge in [-0.1, -0.05) is 60.3 Å². The first kappa shape index (κ1) is 19.6. The first-order valence-electron chi connectivity index (χ1n) is 10.2. The molecule has 1 saturated carbocycles. The van der Waals surface area contributed by atoms with Gasteiger partial charge in [0.1, 0.15) is 11.6 Å². The van der Waals surface area contributed by atoms with Crippen LogP contribution < -0.4 is 5.32 Å². The summed E-state index contributed by atoms with van der Waals surface area (Å²) in [6, 6.07) is 21.6. The van der Waals surface area contributed by atoms with Gasteiger partial charge in [-0.2, -0.15) is 5.10 Å². The van der Waals surface area contributed by atoms with Crippen molar-refractivity contribution in [3.63, 3.8) is 0 Å². The summed E-state index contributed by atoms with van der Waals surface area (Å²) in [5.74, 6) is 2.30. The molecule has 31 heavy (non-hydrogen) atoms. The zero-order chi connectivity index (χ0) is 21.2. The lowest BCUT2D eigenvalue weighted by molar-refractivity contribution is -0.113. The number of para-hydroxylation sites is 1. The second kappa shape index (κ2) is 8.39. The fraction of sp³-hybridized carbons (Fsp3) is 0.217. The van der Waals surface area contributed by atoms with Crippen LogP contribution in [-0.4, -0.2) is 36.2 Å². The molecule has 8 heteroatoms. The minimum absolute atomic E-state index is 0.113. The average molecular weight is 431 g/mol. The second-order valence-electron chi connectivity index (χ2n) is 7.54. The maximum atomic E-state index is 12.7. The number of hydrogen-bond donors (Lipinski definition) is 1. The lowest BCUT2D eigenvalue weighted by Crippen LogP contribution is -2.17. The molecule has 4 aromatic rings. The number of anilines is 1. The molecular weight excluding hydrogens is 408 g/mol. The van der Waals surface area contributed by atoms with Crippen molar-refractivity contribution in [3.05, 3.63) is 72.6 Å². The number of amides is 1. The molecule has 2 heterocycles. The third-order valence-corrected chi connectivity index (χ3v) is 6.21. The maximum Gasteiger partial charge on any atom is 0.236 e. The normalized spacial score (nSPS) is 13.3. The van der Waals surface area contributed by atoms with Crippen molar-refractivity contribution < 1.29 is 4.79 Å². The van der Waals surface area contributed by atoms with Gasteiger partial charge in [0.15, 0.2) is 5.16 Å². The highest BCUT2D eigenvalue weighted by atomic mass is 32.2. The van der Waals surface area contributed by atoms with Crippen molar-refractivity contribution in [2.75, 3.05) is 11.1 Å². The van der Waals surface area contributed by atoms with E-state index in [1.807, 2.05) is 78.3 Å². The molecule has 1 fully saturated rings. The summed E-state index contributed by atoms with van der Waals surface area (Å²) in [7, 11) is 1.96. The van der Waals surface area contributed by atoms with Gasteiger partial charge in [-0.05, 0) is 25.0 Å². The average Bonchev–Trinajstić information content (AvgIpc) is 3.46. The maximum absolute atomic E-state index is 12.7. The number of carbonyl (C=O) groups is 1. The highest BCUT2D eigenvalue weighted by molar-refractivity contribution is 7.99. The van der Waals surface area contributed by atoms with Crippen molar-refractivity contribution in [3.8, 4) is 16.9 Å². The molecule has 0 radical (unpaired) electrons. The minimum atomic E-state index is -0.113. The lowest BCUT2D eigenvalue weighted by Gasteiger charge is -2.08. The number of benzene rings is 2. The van der Waals surface area contributed by atoms with E-state index in [9.17, 15) is 4.79 Å². The van der Waals surface area contributed by atoms with E-state index in [0.29, 0.717) is 11.7 Å². The van der Waals surface area contributed by atoms with E-state index in [1.165, 1.54) is 24.6 Å². The van der Waals surface area contributed by atoms with Crippen molar-refractivity contribution in [1.29, 1.82) is 0 Å². The number of carbonyl (C=O) groups excluding carboxylic acids is 1. The first-order valence-corrected chi connectivity index (χ1v) is 11.2. The van der Waals surface area contributed by atoms with Gasteiger partial charge in [0.2, 0.25) is 5.91 Å². The van der Waals surface area contributed by atoms with Crippen LogP contribution in [0.3, 0.4) is 0 Å². The quantitative estimate of drug-likeness (QED) is 0.443. The zero-order valence-electron chi connectivity index (χ0n) is 17.1. The Hall–Kier alpha value is -3.39. The van der Waals surface area contributed by atoms with Crippen LogP contribution in [0.15, 0.2) is 71.9 Å². The smallest absolute Gasteiger partial charge is 0.236 e. The van der Waals surface area contributed by atoms with Gasteiger partial charge in [0, 0.05) is 24.6 Å². The van der Waals surface area contributed by atoms with Crippen LogP contribution in [0.25, 0.3) is 16.9 Å². The number of hydrogen-bond acceptors (Lipinski definition) is 5. The molecule has 2 aromatic heterocycles. The highest BCUT2D eigenvalue weighted by Crippen LogP contribution is 2.39. The molecule has 0 atom stereocenters. The molecule has 1 amide bonds. The van der Waals surface area contributed by atoms with Crippen molar-refractivity contribution in [1.82, 2.24) is 24.5 Å². The summed E-state index contributed by atoms with van der Waals surface area (Å²) < 4.78 is 3.76. The Morgan fingerprint density at radius 3 is 2.48 bits per heavy atom. The van der Waals surface area contributed by atoms with E-state index < -0.39 is 0 Å². The molecule has 1 aliphatic rings. The predicted octanol–water partition coefficient (Wildman–Crippen LogP) is 4.28. The fourth-order valence-electron chi connectivity index (χ4n) is 3.44. The topological polar surface area (TPSA) is 77.6 Å². The molecular formula is C23H22N6OS. The predicted molar refractivity (Wildman–Crippen MR) is 121 cm³/mol. The molecule has 1 N–H and O–H groups in total. The van der Waals surface area contributed by atoms with E-state index in [1.54, 1.807) is 4.68 Å². The number of aromatic nitrogens is 5. The molecule has 1 aliphatic carbocycles. The van der Waals surface area contributed by atoms with E-state index in [2.05, 4.69) is 15.5 Å². The summed E-state index contributed by atoms with van der Waals surface area (Å²) in [6.45, 7) is 0. The number of thioether (sulfide) groups is 1. The summed E-state index contributed by atoms with van der Waals surface area (Å²) in [6.07, 6.45) is 2.34. The van der Waals surface area contributed by atoms with E-state index in [4.69, 9.17) is 5.10 Å². The van der Waals surface area contributed by atoms with Gasteiger partial charge in [-0.3, -0.25) is 4.79 Å². The van der Waals surface area contributed by atoms with Gasteiger partial charge in [-0.25, -0.2) is 4.68 Å². The highest BCUT2D eigenvalue weighted by Gasteiger charge is 2.29. The molecule has 5 rings (SSSR count). The Morgan fingerprint density at radius 2 is 1.77 bits per heavy atom. The van der Waals surface area contributed by atoms with E-state index in [0.717, 1.165) is 27.9 Å². The number of nitrogens with zero attached hydrogens (tertiary/aromatic N) is 5. The summed E-state index contributed by atoms with van der Waals surface area (Å²) in [4.78, 5) is 12.7. The van der Waals surface area contributed by atoms with Crippen LogP contribution >= 0.6 is 11.8 Å². The van der Waals surface area contributed by atoms with Crippen LogP contribution in [0, 0.1) is 0 Å². The zero-order valence-corrected chi connectivity index (χ0v) is 17.9. The Bertz CT molecular complexity index is 1200. The van der Waals surface area contributed by atoms with Gasteiger partial charge in [-0.15, -0.1) is 10.2 Å². The first-order chi connectivity index (χ1) is 15.2. The Labute approximate surface area is 184 Å². The molecule has 0 bridgehead atoms. The van der Waals surface area contributed by atoms with Crippen LogP contribution in [0.1, 0.15) is 24.6 Å². The molecule has 0 saturated heterocycles. The van der Waals surface area contributed by atoms with Crippen LogP contribution in [0.2, 0.25) is 0 Å². The lowest BCUT2D eigenvalue weighted by atomic mass is 10.2. The SMILES string of the molecule is Cn1c(SCC(=O)Nc2cc(-c3ccccc3)nn2-c2ccccc2)nnc1C1CC1. The fourth-order valence-corrected chi connectivity index (χ4v) is 4.16. The van der Waals surface area contributed by atoms with Gasteiger partial charge in [0.05, 0.1) is 17.1 Å². The van der Waals surface area contributed by atoms with Crippen LogP contribution in [0.4, 0.5) is 5.82 Å². The third-order valence-electron chi connectivity index (χ3n) is 5.19. The molecule has 0 aliphatic heterocycles. The standard InChI is InChI=1S/C23H22N6OS/c1-28-22(17-12-13-17)25-26-23(28)31-15-21(30)24-20-14-19(16-8-4-2-5-9-16)27-29(20)18-10-6-3-7-11-18/h2-11,14,17H,12-13,15H2,1H3,(H,24,30). The van der Waals surface area contributed by atoms with Gasteiger partial charge < -0.3 is 9.88 Å². The molecule has 156 valence electrons. The molecule has 0 spiro atoms. The van der Waals surface area contributed by atoms with Gasteiger partial charge >= 0.3 is 0 Å². The van der Waals surface area contributed by atoms with E-state index >= 15 is 0 Å². The summed E-state index contributed by atoms with van der Waals surface area (Å²) in [5, 5.41) is 17.0. The minimum Gasteiger partial charge on any atom is -0.310 e. The van der Waals surface area contributed by atoms with E-state index in [-0.39, 0.29) is 11.7 Å². The van der Waals surface area contributed by atoms with Crippen molar-refractivity contribution >= 4 is 23.5 Å². The number of rotatable bonds is 7. The molecule has 7 nitrogen and oxygen atoms in total. The van der Waals surface area contributed by atoms with Crippen molar-refractivity contribution in [2.24, 2.45) is 7.05 Å². The Balaban J connectivity index is 1.35. The number of nitrogens with one attached hydrogen (secondary N) is 1. The third kappa shape index (κ3) is 4.25. The Morgan fingerprint density at radius 1 is 1.06 bits per heavy atom. The largest absolute Gasteiger partial charge is 0.310 e.